The Bertz CT molecular complexity index is 1270. The number of H-pyrrole nitrogens is 1. The highest BCUT2D eigenvalue weighted by atomic mass is 35.5. The number of nitrogens with zero attached hydrogens (tertiary/aromatic N) is 1. The first-order valence-electron chi connectivity index (χ1n) is 9.37. The van der Waals surface area contributed by atoms with Gasteiger partial charge in [-0.15, -0.1) is 0 Å². The van der Waals surface area contributed by atoms with Crippen LogP contribution in [0.25, 0.3) is 10.9 Å². The van der Waals surface area contributed by atoms with Gasteiger partial charge in [-0.2, -0.15) is 0 Å². The molecule has 0 aliphatic heterocycles. The maximum Gasteiger partial charge on any atom is 0.258 e. The van der Waals surface area contributed by atoms with Crippen LogP contribution in [0.1, 0.15) is 15.9 Å². The summed E-state index contributed by atoms with van der Waals surface area (Å²) in [5, 5.41) is 1.30. The number of amides is 1. The van der Waals surface area contributed by atoms with Gasteiger partial charge in [-0.25, -0.2) is 0 Å². The molecule has 30 heavy (non-hydrogen) atoms. The van der Waals surface area contributed by atoms with Crippen molar-refractivity contribution in [3.05, 3.63) is 105 Å². The van der Waals surface area contributed by atoms with E-state index in [0.29, 0.717) is 33.1 Å². The van der Waals surface area contributed by atoms with Crippen molar-refractivity contribution in [2.24, 2.45) is 0 Å². The number of aromatic amines is 1. The first kappa shape index (κ1) is 19.7. The first-order chi connectivity index (χ1) is 14.5. The van der Waals surface area contributed by atoms with Crippen molar-refractivity contribution in [2.45, 2.75) is 6.54 Å². The summed E-state index contributed by atoms with van der Waals surface area (Å²) in [5.74, 6) is 0.448. The Labute approximate surface area is 178 Å². The molecule has 1 amide bonds. The summed E-state index contributed by atoms with van der Waals surface area (Å²) in [6.07, 6.45) is 0. The van der Waals surface area contributed by atoms with E-state index in [1.807, 2.05) is 36.4 Å². The predicted octanol–water partition coefficient (Wildman–Crippen LogP) is 5.04. The first-order valence-corrected chi connectivity index (χ1v) is 9.75. The van der Waals surface area contributed by atoms with Gasteiger partial charge in [0.05, 0.1) is 13.7 Å². The number of anilines is 1. The second-order valence-electron chi connectivity index (χ2n) is 6.81. The number of hydrogen-bond acceptors (Lipinski definition) is 3. The van der Waals surface area contributed by atoms with Gasteiger partial charge in [0, 0.05) is 32.7 Å². The number of fused-ring (bicyclic) bond motifs is 1. The quantitative estimate of drug-likeness (QED) is 0.494. The molecule has 150 valence electrons. The van der Waals surface area contributed by atoms with Crippen LogP contribution in [0, 0.1) is 0 Å². The fraction of sp³-hybridized carbons (Fsp3) is 0.0833. The summed E-state index contributed by atoms with van der Waals surface area (Å²) < 4.78 is 5.28. The molecule has 4 aromatic rings. The van der Waals surface area contributed by atoms with Gasteiger partial charge in [-0.05, 0) is 54.6 Å². The molecule has 0 saturated heterocycles. The van der Waals surface area contributed by atoms with Crippen LogP contribution in [0.3, 0.4) is 0 Å². The highest BCUT2D eigenvalue weighted by molar-refractivity contribution is 6.31. The van der Waals surface area contributed by atoms with Gasteiger partial charge in [-0.3, -0.25) is 9.59 Å². The van der Waals surface area contributed by atoms with E-state index in [1.165, 1.54) is 0 Å². The lowest BCUT2D eigenvalue weighted by Gasteiger charge is -2.23. The number of pyridine rings is 1. The fourth-order valence-corrected chi connectivity index (χ4v) is 3.50. The van der Waals surface area contributed by atoms with Gasteiger partial charge in [0.15, 0.2) is 0 Å². The number of nitrogens with one attached hydrogen (secondary N) is 1. The summed E-state index contributed by atoms with van der Waals surface area (Å²) in [6, 6.07) is 23.2. The van der Waals surface area contributed by atoms with Crippen molar-refractivity contribution in [3.8, 4) is 5.75 Å². The SMILES string of the molecule is COc1ccc2[nH]c(=O)c(CN(C(=O)c3cccc(Cl)c3)c3ccccc3)cc2c1. The molecule has 5 nitrogen and oxygen atoms in total. The topological polar surface area (TPSA) is 62.4 Å². The van der Waals surface area contributed by atoms with E-state index in [1.54, 1.807) is 54.5 Å². The lowest BCUT2D eigenvalue weighted by atomic mass is 10.1. The standard InChI is InChI=1S/C24H19ClN2O3/c1-30-21-10-11-22-17(14-21)12-18(23(28)26-22)15-27(20-8-3-2-4-9-20)24(29)16-6-5-7-19(25)13-16/h2-14H,15H2,1H3,(H,26,28). The third-order valence-electron chi connectivity index (χ3n) is 4.84. The van der Waals surface area contributed by atoms with Crippen LogP contribution >= 0.6 is 11.6 Å². The Kier molecular flexibility index (Phi) is 5.55. The van der Waals surface area contributed by atoms with Crippen molar-refractivity contribution >= 4 is 34.1 Å². The van der Waals surface area contributed by atoms with Crippen molar-refractivity contribution < 1.29 is 9.53 Å². The van der Waals surface area contributed by atoms with E-state index < -0.39 is 0 Å². The average Bonchev–Trinajstić information content (AvgIpc) is 2.77. The van der Waals surface area contributed by atoms with Crippen molar-refractivity contribution in [3.63, 3.8) is 0 Å². The van der Waals surface area contributed by atoms with Crippen LogP contribution in [-0.2, 0) is 6.54 Å². The number of carbonyl (C=O) groups is 1. The molecule has 0 atom stereocenters. The highest BCUT2D eigenvalue weighted by Crippen LogP contribution is 2.23. The van der Waals surface area contributed by atoms with Crippen LogP contribution in [0.2, 0.25) is 5.02 Å². The van der Waals surface area contributed by atoms with Gasteiger partial charge in [0.25, 0.3) is 11.5 Å². The molecule has 0 bridgehead atoms. The molecule has 1 N–H and O–H groups in total. The molecule has 0 aliphatic carbocycles. The molecule has 0 radical (unpaired) electrons. The molecule has 0 fully saturated rings. The minimum atomic E-state index is -0.243. The molecular formula is C24H19ClN2O3. The zero-order chi connectivity index (χ0) is 21.1. The molecule has 1 aromatic heterocycles. The largest absolute Gasteiger partial charge is 0.497 e. The van der Waals surface area contributed by atoms with Gasteiger partial charge in [-0.1, -0.05) is 35.9 Å². The second-order valence-corrected chi connectivity index (χ2v) is 7.25. The van der Waals surface area contributed by atoms with Crippen LogP contribution in [0.4, 0.5) is 5.69 Å². The minimum absolute atomic E-state index is 0.109. The third-order valence-corrected chi connectivity index (χ3v) is 5.08. The van der Waals surface area contributed by atoms with Gasteiger partial charge in [0.1, 0.15) is 5.75 Å². The van der Waals surface area contributed by atoms with E-state index in [-0.39, 0.29) is 18.0 Å². The summed E-state index contributed by atoms with van der Waals surface area (Å²) in [4.78, 5) is 30.5. The molecule has 3 aromatic carbocycles. The highest BCUT2D eigenvalue weighted by Gasteiger charge is 2.20. The number of rotatable bonds is 5. The zero-order valence-electron chi connectivity index (χ0n) is 16.3. The van der Waals surface area contributed by atoms with E-state index in [4.69, 9.17) is 16.3 Å². The Morgan fingerprint density at radius 1 is 1.00 bits per heavy atom. The molecule has 1 heterocycles. The fourth-order valence-electron chi connectivity index (χ4n) is 3.31. The number of methoxy groups -OCH3 is 1. The summed E-state index contributed by atoms with van der Waals surface area (Å²) in [5.41, 5.74) is 2.07. The molecule has 4 rings (SSSR count). The van der Waals surface area contributed by atoms with E-state index in [2.05, 4.69) is 4.98 Å². The molecular weight excluding hydrogens is 400 g/mol. The number of halogens is 1. The summed E-state index contributed by atoms with van der Waals surface area (Å²) >= 11 is 6.08. The Morgan fingerprint density at radius 3 is 2.53 bits per heavy atom. The third kappa shape index (κ3) is 4.07. The monoisotopic (exact) mass is 418 g/mol. The number of carbonyl (C=O) groups excluding carboxylic acids is 1. The number of ether oxygens (including phenoxy) is 1. The van der Waals surface area contributed by atoms with E-state index in [0.717, 1.165) is 5.39 Å². The number of hydrogen-bond donors (Lipinski definition) is 1. The maximum absolute atomic E-state index is 13.3. The Balaban J connectivity index is 1.78. The lowest BCUT2D eigenvalue weighted by Crippen LogP contribution is -2.32. The average molecular weight is 419 g/mol. The molecule has 0 spiro atoms. The smallest absolute Gasteiger partial charge is 0.258 e. The van der Waals surface area contributed by atoms with Crippen LogP contribution in [0.5, 0.6) is 5.75 Å². The van der Waals surface area contributed by atoms with Crippen LogP contribution < -0.4 is 15.2 Å². The van der Waals surface area contributed by atoms with Gasteiger partial charge in [0.2, 0.25) is 0 Å². The number of para-hydroxylation sites is 1. The van der Waals surface area contributed by atoms with Gasteiger partial charge >= 0.3 is 0 Å². The van der Waals surface area contributed by atoms with E-state index >= 15 is 0 Å². The van der Waals surface area contributed by atoms with Crippen molar-refractivity contribution in [2.75, 3.05) is 12.0 Å². The second kappa shape index (κ2) is 8.43. The lowest BCUT2D eigenvalue weighted by molar-refractivity contribution is 0.0985. The maximum atomic E-state index is 13.3. The molecule has 6 heteroatoms. The normalized spacial score (nSPS) is 10.7. The number of benzene rings is 3. The summed E-state index contributed by atoms with van der Waals surface area (Å²) in [7, 11) is 1.59. The summed E-state index contributed by atoms with van der Waals surface area (Å²) in [6.45, 7) is 0.109. The van der Waals surface area contributed by atoms with Crippen molar-refractivity contribution in [1.29, 1.82) is 0 Å². The van der Waals surface area contributed by atoms with Crippen LogP contribution in [-0.4, -0.2) is 18.0 Å². The van der Waals surface area contributed by atoms with Gasteiger partial charge < -0.3 is 14.6 Å². The van der Waals surface area contributed by atoms with Crippen molar-refractivity contribution in [1.82, 2.24) is 4.98 Å². The number of aromatic nitrogens is 1. The zero-order valence-corrected chi connectivity index (χ0v) is 17.0. The molecule has 0 unspecified atom stereocenters. The minimum Gasteiger partial charge on any atom is -0.497 e. The Morgan fingerprint density at radius 2 is 1.80 bits per heavy atom. The Hall–Kier alpha value is -3.57. The van der Waals surface area contributed by atoms with Crippen LogP contribution in [0.15, 0.2) is 83.7 Å². The van der Waals surface area contributed by atoms with E-state index in [9.17, 15) is 9.59 Å². The molecule has 0 saturated carbocycles. The molecule has 0 aliphatic rings. The predicted molar refractivity (Wildman–Crippen MR) is 120 cm³/mol.